The summed E-state index contributed by atoms with van der Waals surface area (Å²) in [5.74, 6) is 1.75. The molecule has 0 aliphatic heterocycles. The molecule has 0 N–H and O–H groups in total. The molecule has 1 atom stereocenters. The molecule has 31 heavy (non-hydrogen) atoms. The summed E-state index contributed by atoms with van der Waals surface area (Å²) in [6, 6.07) is 9.61. The number of benzene rings is 2. The third-order valence-corrected chi connectivity index (χ3v) is 6.81. The summed E-state index contributed by atoms with van der Waals surface area (Å²) < 4.78 is 13.3. The van der Waals surface area contributed by atoms with Gasteiger partial charge in [-0.05, 0) is 61.7 Å². The quantitative estimate of drug-likeness (QED) is 0.239. The van der Waals surface area contributed by atoms with Crippen LogP contribution in [-0.2, 0) is 0 Å². The van der Waals surface area contributed by atoms with E-state index >= 15 is 0 Å². The van der Waals surface area contributed by atoms with Crippen LogP contribution in [0.5, 0.6) is 11.5 Å². The second-order valence-corrected chi connectivity index (χ2v) is 9.01. The number of aromatic nitrogens is 3. The zero-order valence-electron chi connectivity index (χ0n) is 17.9. The first-order valence-electron chi connectivity index (χ1n) is 9.44. The van der Waals surface area contributed by atoms with Gasteiger partial charge in [-0.2, -0.15) is 0 Å². The van der Waals surface area contributed by atoms with Crippen LogP contribution in [0.2, 0.25) is 0 Å². The number of hydrogen-bond acceptors (Lipinski definition) is 7. The van der Waals surface area contributed by atoms with Gasteiger partial charge >= 0.3 is 0 Å². The molecule has 3 rings (SSSR count). The maximum Gasteiger partial charge on any atom is 0.220 e. The standard InChI is InChI=1S/C21H23BrN4O4S/c1-12-6-7-15(8-13(12)2)26-14(3)23-24-21(26)31-20(11-25(27)28)16-9-18(29-4)19(30-5)10-17(16)22/h6-10,20H,11H2,1-5H3/t20-/m0/s1. The first-order chi connectivity index (χ1) is 14.7. The number of methoxy groups -OCH3 is 2. The van der Waals surface area contributed by atoms with Gasteiger partial charge in [-0.25, -0.2) is 0 Å². The molecule has 0 fully saturated rings. The minimum Gasteiger partial charge on any atom is -0.493 e. The lowest BCUT2D eigenvalue weighted by Crippen LogP contribution is -2.12. The zero-order chi connectivity index (χ0) is 22.7. The Kier molecular flexibility index (Phi) is 7.22. The van der Waals surface area contributed by atoms with Gasteiger partial charge in [0, 0.05) is 15.1 Å². The summed E-state index contributed by atoms with van der Waals surface area (Å²) >= 11 is 4.82. The van der Waals surface area contributed by atoms with Crippen LogP contribution < -0.4 is 9.47 Å². The molecule has 3 aromatic rings. The van der Waals surface area contributed by atoms with Gasteiger partial charge in [0.25, 0.3) is 0 Å². The highest BCUT2D eigenvalue weighted by molar-refractivity contribution is 9.10. The maximum atomic E-state index is 11.5. The maximum absolute atomic E-state index is 11.5. The van der Waals surface area contributed by atoms with Crippen LogP contribution in [0, 0.1) is 30.9 Å². The lowest BCUT2D eigenvalue weighted by Gasteiger charge is -2.18. The molecule has 0 spiro atoms. The summed E-state index contributed by atoms with van der Waals surface area (Å²) in [6.45, 7) is 5.66. The average Bonchev–Trinajstić information content (AvgIpc) is 3.09. The van der Waals surface area contributed by atoms with E-state index in [1.165, 1.54) is 24.4 Å². The van der Waals surface area contributed by atoms with Gasteiger partial charge in [-0.3, -0.25) is 14.7 Å². The van der Waals surface area contributed by atoms with Gasteiger partial charge in [-0.15, -0.1) is 10.2 Å². The molecular formula is C21H23BrN4O4S. The summed E-state index contributed by atoms with van der Waals surface area (Å²) in [5.41, 5.74) is 3.96. The van der Waals surface area contributed by atoms with E-state index in [1.54, 1.807) is 19.2 Å². The molecule has 0 saturated heterocycles. The fraction of sp³-hybridized carbons (Fsp3) is 0.333. The Labute approximate surface area is 193 Å². The number of nitro groups is 1. The van der Waals surface area contributed by atoms with Crippen molar-refractivity contribution in [3.05, 3.63) is 67.4 Å². The van der Waals surface area contributed by atoms with E-state index in [1.807, 2.05) is 30.5 Å². The molecule has 8 nitrogen and oxygen atoms in total. The van der Waals surface area contributed by atoms with Crippen LogP contribution in [0.3, 0.4) is 0 Å². The third-order valence-electron chi connectivity index (χ3n) is 4.96. The molecule has 0 amide bonds. The highest BCUT2D eigenvalue weighted by Crippen LogP contribution is 2.43. The van der Waals surface area contributed by atoms with E-state index in [0.717, 1.165) is 11.3 Å². The van der Waals surface area contributed by atoms with Crippen LogP contribution in [0.25, 0.3) is 5.69 Å². The lowest BCUT2D eigenvalue weighted by molar-refractivity contribution is -0.479. The fourth-order valence-corrected chi connectivity index (χ4v) is 5.11. The van der Waals surface area contributed by atoms with Crippen LogP contribution >= 0.6 is 27.7 Å². The number of rotatable bonds is 8. The van der Waals surface area contributed by atoms with E-state index in [4.69, 9.17) is 9.47 Å². The minimum absolute atomic E-state index is 0.294. The van der Waals surface area contributed by atoms with Crippen molar-refractivity contribution < 1.29 is 14.4 Å². The van der Waals surface area contributed by atoms with Gasteiger partial charge in [0.1, 0.15) is 11.1 Å². The van der Waals surface area contributed by atoms with Crippen molar-refractivity contribution in [2.45, 2.75) is 31.2 Å². The van der Waals surface area contributed by atoms with E-state index in [2.05, 4.69) is 39.1 Å². The summed E-state index contributed by atoms with van der Waals surface area (Å²) in [6.07, 6.45) is 0. The fourth-order valence-electron chi connectivity index (χ4n) is 3.16. The molecule has 0 radical (unpaired) electrons. The summed E-state index contributed by atoms with van der Waals surface area (Å²) in [4.78, 5) is 11.2. The summed E-state index contributed by atoms with van der Waals surface area (Å²) in [5, 5.41) is 20.1. The second-order valence-electron chi connectivity index (χ2n) is 6.98. The molecule has 0 saturated carbocycles. The van der Waals surface area contributed by atoms with Crippen molar-refractivity contribution in [3.63, 3.8) is 0 Å². The number of thioether (sulfide) groups is 1. The number of hydrogen-bond donors (Lipinski definition) is 0. The number of aryl methyl sites for hydroxylation is 3. The highest BCUT2D eigenvalue weighted by Gasteiger charge is 2.27. The molecule has 0 bridgehead atoms. The monoisotopic (exact) mass is 506 g/mol. The predicted molar refractivity (Wildman–Crippen MR) is 123 cm³/mol. The van der Waals surface area contributed by atoms with Crippen molar-refractivity contribution in [1.29, 1.82) is 0 Å². The van der Waals surface area contributed by atoms with E-state index in [0.29, 0.717) is 32.5 Å². The number of nitrogens with zero attached hydrogens (tertiary/aromatic N) is 4. The van der Waals surface area contributed by atoms with Gasteiger partial charge < -0.3 is 9.47 Å². The minimum atomic E-state index is -0.530. The van der Waals surface area contributed by atoms with Crippen molar-refractivity contribution in [1.82, 2.24) is 14.8 Å². The summed E-state index contributed by atoms with van der Waals surface area (Å²) in [7, 11) is 3.08. The molecule has 2 aromatic carbocycles. The third kappa shape index (κ3) is 5.01. The number of halogens is 1. The Morgan fingerprint density at radius 1 is 1.10 bits per heavy atom. The van der Waals surface area contributed by atoms with Crippen molar-refractivity contribution >= 4 is 27.7 Å². The average molecular weight is 507 g/mol. The SMILES string of the molecule is COc1cc(Br)c([C@H](C[N+](=O)[O-])Sc2nnc(C)n2-c2ccc(C)c(C)c2)cc1OC. The van der Waals surface area contributed by atoms with Gasteiger partial charge in [0.05, 0.1) is 14.2 Å². The molecule has 164 valence electrons. The predicted octanol–water partition coefficient (Wildman–Crippen LogP) is 5.08. The highest BCUT2D eigenvalue weighted by atomic mass is 79.9. The lowest BCUT2D eigenvalue weighted by atomic mass is 10.1. The molecule has 1 aromatic heterocycles. The first-order valence-corrected chi connectivity index (χ1v) is 11.1. The molecule has 10 heteroatoms. The van der Waals surface area contributed by atoms with Crippen molar-refractivity contribution in [3.8, 4) is 17.2 Å². The molecular weight excluding hydrogens is 484 g/mol. The molecule has 1 heterocycles. The first kappa shape index (κ1) is 23.1. The molecule has 0 aliphatic rings. The van der Waals surface area contributed by atoms with Crippen molar-refractivity contribution in [2.24, 2.45) is 0 Å². The van der Waals surface area contributed by atoms with E-state index < -0.39 is 5.25 Å². The van der Waals surface area contributed by atoms with Crippen molar-refractivity contribution in [2.75, 3.05) is 20.8 Å². The van der Waals surface area contributed by atoms with Crippen LogP contribution in [-0.4, -0.2) is 40.5 Å². The Hall–Kier alpha value is -2.59. The smallest absolute Gasteiger partial charge is 0.220 e. The number of ether oxygens (including phenoxy) is 2. The zero-order valence-corrected chi connectivity index (χ0v) is 20.3. The second kappa shape index (κ2) is 9.69. The molecule has 0 unspecified atom stereocenters. The van der Waals surface area contributed by atoms with Gasteiger partial charge in [0.2, 0.25) is 6.54 Å². The van der Waals surface area contributed by atoms with E-state index in [9.17, 15) is 10.1 Å². The van der Waals surface area contributed by atoms with E-state index in [-0.39, 0.29) is 11.5 Å². The normalized spacial score (nSPS) is 11.9. The van der Waals surface area contributed by atoms with Crippen LogP contribution in [0.4, 0.5) is 0 Å². The topological polar surface area (TPSA) is 92.3 Å². The van der Waals surface area contributed by atoms with Crippen LogP contribution in [0.15, 0.2) is 40.0 Å². The Morgan fingerprint density at radius 2 is 1.77 bits per heavy atom. The Bertz CT molecular complexity index is 1120. The van der Waals surface area contributed by atoms with Gasteiger partial charge in [-0.1, -0.05) is 33.8 Å². The van der Waals surface area contributed by atoms with Crippen LogP contribution in [0.1, 0.15) is 27.8 Å². The Balaban J connectivity index is 2.06. The largest absolute Gasteiger partial charge is 0.493 e. The molecule has 0 aliphatic carbocycles. The van der Waals surface area contributed by atoms with Gasteiger partial charge in [0.15, 0.2) is 16.7 Å². The Morgan fingerprint density at radius 3 is 2.39 bits per heavy atom.